The average molecular weight is 514 g/mol. The first kappa shape index (κ1) is 21.8. The van der Waals surface area contributed by atoms with Crippen molar-refractivity contribution in [2.24, 2.45) is 12.1 Å². The summed E-state index contributed by atoms with van der Waals surface area (Å²) in [6, 6.07) is 17.0. The number of nitrogens with zero attached hydrogens (tertiary/aromatic N) is 4. The van der Waals surface area contributed by atoms with Crippen molar-refractivity contribution in [3.05, 3.63) is 96.1 Å². The van der Waals surface area contributed by atoms with Gasteiger partial charge in [-0.3, -0.25) is 18.9 Å². The molecule has 2 aromatic carbocycles. The predicted molar refractivity (Wildman–Crippen MR) is 132 cm³/mol. The molecule has 2 N–H and O–H groups in total. The lowest BCUT2D eigenvalue weighted by molar-refractivity contribution is 0.808. The molecular formula is C22H18BrClN6O2. The summed E-state index contributed by atoms with van der Waals surface area (Å²) in [7, 11) is 1.55. The van der Waals surface area contributed by atoms with E-state index in [1.807, 2.05) is 48.5 Å². The molecule has 0 unspecified atom stereocenters. The van der Waals surface area contributed by atoms with E-state index >= 15 is 0 Å². The number of hydrazone groups is 1. The molecule has 8 nitrogen and oxygen atoms in total. The van der Waals surface area contributed by atoms with Crippen molar-refractivity contribution in [2.45, 2.75) is 6.54 Å². The fourth-order valence-corrected chi connectivity index (χ4v) is 3.64. The van der Waals surface area contributed by atoms with Gasteiger partial charge >= 0.3 is 5.69 Å². The van der Waals surface area contributed by atoms with E-state index in [9.17, 15) is 9.59 Å². The van der Waals surface area contributed by atoms with Crippen LogP contribution in [0.3, 0.4) is 0 Å². The quantitative estimate of drug-likeness (QED) is 0.301. The fraction of sp³-hybridized carbons (Fsp3) is 0.0909. The predicted octanol–water partition coefficient (Wildman–Crippen LogP) is 3.96. The minimum Gasteiger partial charge on any atom is -0.298 e. The highest BCUT2D eigenvalue weighted by molar-refractivity contribution is 9.12. The third kappa shape index (κ3) is 4.74. The lowest BCUT2D eigenvalue weighted by Crippen LogP contribution is -2.29. The number of aryl methyl sites for hydroxylation is 1. The Balaban J connectivity index is 1.71. The molecule has 162 valence electrons. The van der Waals surface area contributed by atoms with E-state index in [0.29, 0.717) is 17.5 Å². The van der Waals surface area contributed by atoms with E-state index in [0.717, 1.165) is 15.6 Å². The van der Waals surface area contributed by atoms with Gasteiger partial charge in [0.25, 0.3) is 5.56 Å². The Labute approximate surface area is 196 Å². The molecule has 0 aliphatic heterocycles. The van der Waals surface area contributed by atoms with Gasteiger partial charge in [0.05, 0.1) is 12.8 Å². The number of H-pyrrole nitrogens is 1. The molecule has 0 aliphatic carbocycles. The lowest BCUT2D eigenvalue weighted by atomic mass is 10.2. The zero-order chi connectivity index (χ0) is 22.7. The number of aromatic nitrogens is 4. The third-order valence-electron chi connectivity index (χ3n) is 4.72. The Morgan fingerprint density at radius 3 is 2.62 bits per heavy atom. The summed E-state index contributed by atoms with van der Waals surface area (Å²) in [6.45, 7) is 0.327. The molecule has 2 heterocycles. The van der Waals surface area contributed by atoms with Crippen LogP contribution in [0.4, 0.5) is 5.95 Å². The molecule has 0 fully saturated rings. The Morgan fingerprint density at radius 1 is 1.19 bits per heavy atom. The fourth-order valence-electron chi connectivity index (χ4n) is 3.14. The second-order valence-electron chi connectivity index (χ2n) is 6.95. The zero-order valence-electron chi connectivity index (χ0n) is 16.9. The van der Waals surface area contributed by atoms with E-state index in [2.05, 4.69) is 36.4 Å². The first-order valence-corrected chi connectivity index (χ1v) is 10.7. The number of anilines is 1. The maximum atomic E-state index is 12.6. The number of aromatic amines is 1. The number of allylic oxidation sites excluding steroid dienone is 1. The normalized spacial score (nSPS) is 12.0. The average Bonchev–Trinajstić information content (AvgIpc) is 3.13. The molecule has 32 heavy (non-hydrogen) atoms. The van der Waals surface area contributed by atoms with Crippen LogP contribution in [-0.2, 0) is 13.6 Å². The molecule has 0 amide bonds. The summed E-state index contributed by atoms with van der Waals surface area (Å²) in [5, 5.41) is 4.85. The van der Waals surface area contributed by atoms with E-state index in [-0.39, 0.29) is 11.2 Å². The largest absolute Gasteiger partial charge is 0.329 e. The van der Waals surface area contributed by atoms with E-state index in [1.54, 1.807) is 30.0 Å². The minimum absolute atomic E-state index is 0.254. The monoisotopic (exact) mass is 512 g/mol. The van der Waals surface area contributed by atoms with Crippen LogP contribution in [0, 0.1) is 0 Å². The number of hydrogen-bond acceptors (Lipinski definition) is 5. The second-order valence-corrected chi connectivity index (χ2v) is 8.30. The summed E-state index contributed by atoms with van der Waals surface area (Å²) in [6.07, 6.45) is 3.50. The molecule has 2 aromatic heterocycles. The van der Waals surface area contributed by atoms with Gasteiger partial charge in [-0.25, -0.2) is 10.2 Å². The molecule has 0 saturated carbocycles. The molecule has 0 radical (unpaired) electrons. The number of fused-ring (bicyclic) bond motifs is 1. The van der Waals surface area contributed by atoms with Crippen LogP contribution in [0.1, 0.15) is 11.1 Å². The van der Waals surface area contributed by atoms with Crippen molar-refractivity contribution in [1.82, 2.24) is 19.1 Å². The molecule has 0 aliphatic rings. The number of hydrogen-bond donors (Lipinski definition) is 2. The van der Waals surface area contributed by atoms with Gasteiger partial charge in [-0.1, -0.05) is 54.1 Å². The van der Waals surface area contributed by atoms with Gasteiger partial charge in [-0.2, -0.15) is 10.1 Å². The van der Waals surface area contributed by atoms with Crippen molar-refractivity contribution in [1.29, 1.82) is 0 Å². The maximum Gasteiger partial charge on any atom is 0.329 e. The summed E-state index contributed by atoms with van der Waals surface area (Å²) in [5.41, 5.74) is 4.25. The van der Waals surface area contributed by atoms with Crippen LogP contribution < -0.4 is 16.7 Å². The molecule has 0 atom stereocenters. The topological polar surface area (TPSA) is 97.1 Å². The van der Waals surface area contributed by atoms with Crippen molar-refractivity contribution < 1.29 is 0 Å². The van der Waals surface area contributed by atoms with Crippen LogP contribution >= 0.6 is 27.5 Å². The second kappa shape index (κ2) is 9.37. The smallest absolute Gasteiger partial charge is 0.298 e. The first-order chi connectivity index (χ1) is 15.4. The van der Waals surface area contributed by atoms with Crippen LogP contribution in [0.2, 0.25) is 5.02 Å². The van der Waals surface area contributed by atoms with Crippen LogP contribution in [0.15, 0.2) is 73.8 Å². The summed E-state index contributed by atoms with van der Waals surface area (Å²) < 4.78 is 3.69. The molecule has 0 saturated heterocycles. The van der Waals surface area contributed by atoms with Gasteiger partial charge in [0.15, 0.2) is 11.2 Å². The first-order valence-electron chi connectivity index (χ1n) is 9.57. The number of imidazole rings is 1. The zero-order valence-corrected chi connectivity index (χ0v) is 19.3. The highest BCUT2D eigenvalue weighted by Gasteiger charge is 2.17. The van der Waals surface area contributed by atoms with Gasteiger partial charge < -0.3 is 0 Å². The Hall–Kier alpha value is -3.43. The maximum absolute atomic E-state index is 12.6. The summed E-state index contributed by atoms with van der Waals surface area (Å²) >= 11 is 9.45. The summed E-state index contributed by atoms with van der Waals surface area (Å²) in [5.74, 6) is 0.318. The van der Waals surface area contributed by atoms with E-state index in [1.165, 1.54) is 4.57 Å². The highest BCUT2D eigenvalue weighted by Crippen LogP contribution is 2.19. The Bertz CT molecular complexity index is 1440. The van der Waals surface area contributed by atoms with Gasteiger partial charge in [0.2, 0.25) is 5.95 Å². The van der Waals surface area contributed by atoms with Crippen LogP contribution in [0.5, 0.6) is 0 Å². The summed E-state index contributed by atoms with van der Waals surface area (Å²) in [4.78, 5) is 31.4. The van der Waals surface area contributed by atoms with Gasteiger partial charge in [-0.15, -0.1) is 0 Å². The van der Waals surface area contributed by atoms with E-state index in [4.69, 9.17) is 11.6 Å². The van der Waals surface area contributed by atoms with E-state index < -0.39 is 11.2 Å². The lowest BCUT2D eigenvalue weighted by Gasteiger charge is -2.08. The van der Waals surface area contributed by atoms with Crippen LogP contribution in [-0.4, -0.2) is 25.3 Å². The standard InChI is InChI=1S/C22H18BrClN6O2/c1-29-19-18(20(31)27-22(29)32)30(13-15-7-9-17(24)10-8-15)21(26-19)28-25-12-16(23)11-14-5-3-2-4-6-14/h2-12H,13H2,1H3,(H,26,28)(H,27,31,32). The Morgan fingerprint density at radius 2 is 1.91 bits per heavy atom. The van der Waals surface area contributed by atoms with Gasteiger partial charge in [-0.05, 0) is 45.3 Å². The molecule has 0 bridgehead atoms. The number of rotatable bonds is 6. The van der Waals surface area contributed by atoms with Crippen molar-refractivity contribution in [2.75, 3.05) is 5.43 Å². The Kier molecular flexibility index (Phi) is 6.38. The minimum atomic E-state index is -0.540. The molecule has 4 rings (SSSR count). The SMILES string of the molecule is Cn1c(=O)[nH]c(=O)c2c1nc(NN=CC(Br)=Cc1ccccc1)n2Cc1ccc(Cl)cc1. The van der Waals surface area contributed by atoms with Crippen LogP contribution in [0.25, 0.3) is 17.2 Å². The number of benzene rings is 2. The number of halogens is 2. The molecule has 0 spiro atoms. The highest BCUT2D eigenvalue weighted by atomic mass is 79.9. The van der Waals surface area contributed by atoms with Gasteiger partial charge in [0, 0.05) is 16.6 Å². The molecular weight excluding hydrogens is 496 g/mol. The van der Waals surface area contributed by atoms with Crippen molar-refractivity contribution >= 4 is 56.9 Å². The van der Waals surface area contributed by atoms with Gasteiger partial charge in [0.1, 0.15) is 0 Å². The third-order valence-corrected chi connectivity index (χ3v) is 5.40. The van der Waals surface area contributed by atoms with Crippen molar-refractivity contribution in [3.63, 3.8) is 0 Å². The number of nitrogens with one attached hydrogen (secondary N) is 2. The molecule has 4 aromatic rings. The molecule has 10 heteroatoms. The van der Waals surface area contributed by atoms with Crippen molar-refractivity contribution in [3.8, 4) is 0 Å².